The number of fused-ring (bicyclic) bond motifs is 1. The minimum atomic E-state index is -0.526. The zero-order chi connectivity index (χ0) is 14.7. The Balaban J connectivity index is 2.33. The van der Waals surface area contributed by atoms with Crippen LogP contribution < -0.4 is 0 Å². The van der Waals surface area contributed by atoms with Gasteiger partial charge in [0.15, 0.2) is 0 Å². The molecule has 1 unspecified atom stereocenters. The molecule has 0 aliphatic carbocycles. The number of aliphatic hydroxyl groups excluding tert-OH is 1. The zero-order valence-corrected chi connectivity index (χ0v) is 12.2. The Morgan fingerprint density at radius 1 is 1.10 bits per heavy atom. The van der Waals surface area contributed by atoms with Crippen molar-refractivity contribution in [2.45, 2.75) is 32.9 Å². The van der Waals surface area contributed by atoms with E-state index in [4.69, 9.17) is 0 Å². The highest BCUT2D eigenvalue weighted by atomic mass is 16.3. The molecule has 0 fully saturated rings. The van der Waals surface area contributed by atoms with Gasteiger partial charge in [-0.05, 0) is 43.7 Å². The molecule has 106 valence electrons. The Bertz CT molecular complexity index is 605. The van der Waals surface area contributed by atoms with Crippen LogP contribution in [0.4, 0.5) is 0 Å². The largest absolute Gasteiger partial charge is 0.392 e. The van der Waals surface area contributed by atoms with Crippen molar-refractivity contribution in [2.24, 2.45) is 0 Å². The first kappa shape index (κ1) is 14.5. The number of amides is 1. The highest BCUT2D eigenvalue weighted by Crippen LogP contribution is 2.18. The molecule has 0 aliphatic heterocycles. The van der Waals surface area contributed by atoms with E-state index in [9.17, 15) is 9.90 Å². The fraction of sp³-hybridized carbons (Fsp3) is 0.353. The van der Waals surface area contributed by atoms with Crippen LogP contribution in [0.15, 0.2) is 42.5 Å². The van der Waals surface area contributed by atoms with Crippen molar-refractivity contribution in [3.63, 3.8) is 0 Å². The third kappa shape index (κ3) is 3.17. The van der Waals surface area contributed by atoms with Crippen molar-refractivity contribution in [1.82, 2.24) is 4.90 Å². The molecular weight excluding hydrogens is 250 g/mol. The van der Waals surface area contributed by atoms with E-state index in [0.717, 1.165) is 10.8 Å². The van der Waals surface area contributed by atoms with Gasteiger partial charge in [0, 0.05) is 18.2 Å². The van der Waals surface area contributed by atoms with Crippen molar-refractivity contribution in [2.75, 3.05) is 6.54 Å². The van der Waals surface area contributed by atoms with Gasteiger partial charge in [0.2, 0.25) is 0 Å². The summed E-state index contributed by atoms with van der Waals surface area (Å²) in [7, 11) is 0. The molecule has 2 aromatic rings. The van der Waals surface area contributed by atoms with Gasteiger partial charge in [-0.2, -0.15) is 0 Å². The van der Waals surface area contributed by atoms with E-state index in [-0.39, 0.29) is 11.9 Å². The highest BCUT2D eigenvalue weighted by molar-refractivity contribution is 5.98. The SMILES string of the molecule is CC(O)CN(C(=O)c1ccc2ccccc2c1)C(C)C. The van der Waals surface area contributed by atoms with E-state index in [1.807, 2.05) is 56.3 Å². The van der Waals surface area contributed by atoms with Crippen LogP contribution in [0.3, 0.4) is 0 Å². The van der Waals surface area contributed by atoms with Gasteiger partial charge < -0.3 is 10.0 Å². The summed E-state index contributed by atoms with van der Waals surface area (Å²) in [6.07, 6.45) is -0.526. The average Bonchev–Trinajstić information content (AvgIpc) is 2.43. The Morgan fingerprint density at radius 3 is 2.35 bits per heavy atom. The highest BCUT2D eigenvalue weighted by Gasteiger charge is 2.20. The number of aliphatic hydroxyl groups is 1. The summed E-state index contributed by atoms with van der Waals surface area (Å²) >= 11 is 0. The Morgan fingerprint density at radius 2 is 1.75 bits per heavy atom. The second-order valence-electron chi connectivity index (χ2n) is 5.46. The number of nitrogens with zero attached hydrogens (tertiary/aromatic N) is 1. The number of hydrogen-bond donors (Lipinski definition) is 1. The predicted molar refractivity (Wildman–Crippen MR) is 81.8 cm³/mol. The first-order chi connectivity index (χ1) is 9.49. The van der Waals surface area contributed by atoms with Crippen molar-refractivity contribution < 1.29 is 9.90 Å². The molecule has 3 nitrogen and oxygen atoms in total. The standard InChI is InChI=1S/C17H21NO2/c1-12(2)18(11-13(3)19)17(20)16-9-8-14-6-4-5-7-15(14)10-16/h4-10,12-13,19H,11H2,1-3H3. The van der Waals surface area contributed by atoms with E-state index in [2.05, 4.69) is 0 Å². The maximum absolute atomic E-state index is 12.6. The van der Waals surface area contributed by atoms with Gasteiger partial charge in [-0.3, -0.25) is 4.79 Å². The van der Waals surface area contributed by atoms with Crippen molar-refractivity contribution in [3.8, 4) is 0 Å². The molecule has 1 N–H and O–H groups in total. The summed E-state index contributed by atoms with van der Waals surface area (Å²) in [4.78, 5) is 14.3. The number of rotatable bonds is 4. The lowest BCUT2D eigenvalue weighted by atomic mass is 10.1. The molecule has 0 radical (unpaired) electrons. The molecule has 3 heteroatoms. The number of benzene rings is 2. The Hall–Kier alpha value is -1.87. The Kier molecular flexibility index (Phi) is 4.40. The van der Waals surface area contributed by atoms with E-state index in [1.165, 1.54) is 0 Å². The van der Waals surface area contributed by atoms with Crippen molar-refractivity contribution in [1.29, 1.82) is 0 Å². The van der Waals surface area contributed by atoms with Gasteiger partial charge in [-0.25, -0.2) is 0 Å². The third-order valence-corrected chi connectivity index (χ3v) is 3.34. The van der Waals surface area contributed by atoms with Crippen LogP contribution in [0.25, 0.3) is 10.8 Å². The lowest BCUT2D eigenvalue weighted by molar-refractivity contribution is 0.0579. The summed E-state index contributed by atoms with van der Waals surface area (Å²) in [5.74, 6) is -0.0355. The molecule has 0 aliphatic rings. The van der Waals surface area contributed by atoms with Crippen molar-refractivity contribution in [3.05, 3.63) is 48.0 Å². The molecule has 0 spiro atoms. The minimum absolute atomic E-state index is 0.0355. The molecule has 2 aromatic carbocycles. The fourth-order valence-electron chi connectivity index (χ4n) is 2.30. The fourth-order valence-corrected chi connectivity index (χ4v) is 2.30. The van der Waals surface area contributed by atoms with Crippen LogP contribution in [-0.4, -0.2) is 34.6 Å². The molecule has 0 bridgehead atoms. The van der Waals surface area contributed by atoms with Gasteiger partial charge in [-0.1, -0.05) is 30.3 Å². The molecule has 20 heavy (non-hydrogen) atoms. The molecular formula is C17H21NO2. The van der Waals surface area contributed by atoms with Crippen LogP contribution in [0, 0.1) is 0 Å². The van der Waals surface area contributed by atoms with Gasteiger partial charge in [-0.15, -0.1) is 0 Å². The first-order valence-corrected chi connectivity index (χ1v) is 6.97. The molecule has 2 rings (SSSR count). The molecule has 1 amide bonds. The third-order valence-electron chi connectivity index (χ3n) is 3.34. The maximum atomic E-state index is 12.6. The van der Waals surface area contributed by atoms with Crippen LogP contribution in [-0.2, 0) is 0 Å². The second kappa shape index (κ2) is 6.06. The molecule has 0 aromatic heterocycles. The summed E-state index contributed by atoms with van der Waals surface area (Å²) in [5.41, 5.74) is 0.665. The van der Waals surface area contributed by atoms with Gasteiger partial charge in [0.25, 0.3) is 5.91 Å². The molecule has 1 atom stereocenters. The number of carbonyl (C=O) groups excluding carboxylic acids is 1. The summed E-state index contributed by atoms with van der Waals surface area (Å²) < 4.78 is 0. The normalized spacial score (nSPS) is 12.7. The first-order valence-electron chi connectivity index (χ1n) is 6.97. The van der Waals surface area contributed by atoms with Crippen LogP contribution in [0.1, 0.15) is 31.1 Å². The van der Waals surface area contributed by atoms with Gasteiger partial charge in [0.1, 0.15) is 0 Å². The number of hydrogen-bond acceptors (Lipinski definition) is 2. The van der Waals surface area contributed by atoms with E-state index >= 15 is 0 Å². The van der Waals surface area contributed by atoms with Crippen LogP contribution >= 0.6 is 0 Å². The lowest BCUT2D eigenvalue weighted by Gasteiger charge is -2.28. The summed E-state index contributed by atoms with van der Waals surface area (Å²) in [6.45, 7) is 5.97. The van der Waals surface area contributed by atoms with Gasteiger partial charge in [0.05, 0.1) is 6.10 Å². The molecule has 0 heterocycles. The van der Waals surface area contributed by atoms with Gasteiger partial charge >= 0.3 is 0 Å². The number of carbonyl (C=O) groups is 1. The topological polar surface area (TPSA) is 40.5 Å². The summed E-state index contributed by atoms with van der Waals surface area (Å²) in [6, 6.07) is 13.8. The monoisotopic (exact) mass is 271 g/mol. The predicted octanol–water partition coefficient (Wildman–Crippen LogP) is 3.07. The van der Waals surface area contributed by atoms with Crippen LogP contribution in [0.2, 0.25) is 0 Å². The average molecular weight is 271 g/mol. The van der Waals surface area contributed by atoms with E-state index in [1.54, 1.807) is 11.8 Å². The van der Waals surface area contributed by atoms with Crippen LogP contribution in [0.5, 0.6) is 0 Å². The zero-order valence-electron chi connectivity index (χ0n) is 12.2. The lowest BCUT2D eigenvalue weighted by Crippen LogP contribution is -2.41. The second-order valence-corrected chi connectivity index (χ2v) is 5.46. The minimum Gasteiger partial charge on any atom is -0.392 e. The maximum Gasteiger partial charge on any atom is 0.254 e. The quantitative estimate of drug-likeness (QED) is 0.928. The Labute approximate surface area is 119 Å². The smallest absolute Gasteiger partial charge is 0.254 e. The molecule has 0 saturated heterocycles. The summed E-state index contributed by atoms with van der Waals surface area (Å²) in [5, 5.41) is 11.7. The van der Waals surface area contributed by atoms with E-state index < -0.39 is 6.10 Å². The van der Waals surface area contributed by atoms with Crippen molar-refractivity contribution >= 4 is 16.7 Å². The van der Waals surface area contributed by atoms with E-state index in [0.29, 0.717) is 12.1 Å². The molecule has 0 saturated carbocycles.